The SMILES string of the molecule is c1ccc([Si]2(c3ccccc3)c3ccccc3-c3ccc(-c4ccc5c(c4)c4ccccc4n5-c4cc5cc6c7ccccc7n(-c7cccc(-c8cccnc8)c7)c6c6ccc7cccc4c7c56)cc32)cc1. The van der Waals surface area contributed by atoms with E-state index in [2.05, 4.69) is 257 Å². The molecule has 4 heterocycles. The van der Waals surface area contributed by atoms with Crippen molar-refractivity contribution in [3.05, 3.63) is 261 Å². The summed E-state index contributed by atoms with van der Waals surface area (Å²) in [4.78, 5) is 4.45. The van der Waals surface area contributed by atoms with Crippen LogP contribution in [-0.2, 0) is 0 Å². The van der Waals surface area contributed by atoms with Crippen molar-refractivity contribution in [2.75, 3.05) is 0 Å². The largest absolute Gasteiger partial charge is 0.309 e. The predicted octanol–water partition coefficient (Wildman–Crippen LogP) is 14.9. The summed E-state index contributed by atoms with van der Waals surface area (Å²) in [5.74, 6) is 0. The van der Waals surface area contributed by atoms with Gasteiger partial charge in [-0.2, -0.15) is 0 Å². The number of rotatable bonds is 6. The first kappa shape index (κ1) is 40.4. The van der Waals surface area contributed by atoms with Crippen LogP contribution in [-0.4, -0.2) is 22.2 Å². The highest BCUT2D eigenvalue weighted by molar-refractivity contribution is 7.22. The lowest BCUT2D eigenvalue weighted by atomic mass is 9.91. The minimum Gasteiger partial charge on any atom is -0.309 e. The van der Waals surface area contributed by atoms with E-state index in [0.29, 0.717) is 0 Å². The van der Waals surface area contributed by atoms with Crippen LogP contribution in [0.4, 0.5) is 0 Å². The zero-order valence-electron chi connectivity index (χ0n) is 39.7. The van der Waals surface area contributed by atoms with Crippen LogP contribution in [0.3, 0.4) is 0 Å². The van der Waals surface area contributed by atoms with Crippen LogP contribution in [0.2, 0.25) is 0 Å². The molecule has 0 atom stereocenters. The Balaban J connectivity index is 0.916. The lowest BCUT2D eigenvalue weighted by Crippen LogP contribution is -2.72. The number of benzene rings is 12. The number of para-hydroxylation sites is 2. The number of aromatic nitrogens is 3. The first-order valence-electron chi connectivity index (χ1n) is 25.3. The van der Waals surface area contributed by atoms with Crippen LogP contribution in [0.5, 0.6) is 0 Å². The van der Waals surface area contributed by atoms with Gasteiger partial charge in [0.25, 0.3) is 0 Å². The Morgan fingerprint density at radius 2 is 0.959 bits per heavy atom. The van der Waals surface area contributed by atoms with Crippen LogP contribution in [0.25, 0.3) is 121 Å². The first-order valence-corrected chi connectivity index (χ1v) is 27.3. The monoisotopic (exact) mass is 941 g/mol. The molecular formula is C69H43N3Si. The fourth-order valence-electron chi connectivity index (χ4n) is 13.2. The fourth-order valence-corrected chi connectivity index (χ4v) is 18.4. The molecule has 0 fully saturated rings. The van der Waals surface area contributed by atoms with Crippen molar-refractivity contribution in [1.82, 2.24) is 14.1 Å². The van der Waals surface area contributed by atoms with Crippen molar-refractivity contribution in [3.63, 3.8) is 0 Å². The van der Waals surface area contributed by atoms with Crippen molar-refractivity contribution in [2.45, 2.75) is 0 Å². The van der Waals surface area contributed by atoms with Crippen LogP contribution in [0, 0.1) is 0 Å². The molecule has 1 aliphatic heterocycles. The summed E-state index contributed by atoms with van der Waals surface area (Å²) in [7, 11) is -2.66. The van der Waals surface area contributed by atoms with Gasteiger partial charge in [0, 0.05) is 56.0 Å². The molecule has 15 aromatic rings. The second-order valence-corrected chi connectivity index (χ2v) is 23.5. The Morgan fingerprint density at radius 3 is 1.77 bits per heavy atom. The normalized spacial score (nSPS) is 13.0. The summed E-state index contributed by atoms with van der Waals surface area (Å²) in [5, 5.41) is 18.3. The van der Waals surface area contributed by atoms with Crippen molar-refractivity contribution < 1.29 is 0 Å². The molecule has 73 heavy (non-hydrogen) atoms. The number of hydrogen-bond acceptors (Lipinski definition) is 1. The molecule has 0 N–H and O–H groups in total. The van der Waals surface area contributed by atoms with Gasteiger partial charge in [0.15, 0.2) is 8.07 Å². The highest BCUT2D eigenvalue weighted by Crippen LogP contribution is 2.46. The van der Waals surface area contributed by atoms with Gasteiger partial charge in [-0.1, -0.05) is 194 Å². The predicted molar refractivity (Wildman–Crippen MR) is 310 cm³/mol. The molecule has 0 aliphatic carbocycles. The molecule has 3 nitrogen and oxygen atoms in total. The van der Waals surface area contributed by atoms with E-state index < -0.39 is 8.07 Å². The number of pyridine rings is 1. The average molecular weight is 942 g/mol. The van der Waals surface area contributed by atoms with Gasteiger partial charge < -0.3 is 9.13 Å². The van der Waals surface area contributed by atoms with Crippen LogP contribution < -0.4 is 20.7 Å². The van der Waals surface area contributed by atoms with Gasteiger partial charge in [-0.15, -0.1) is 0 Å². The molecular weight excluding hydrogens is 899 g/mol. The first-order chi connectivity index (χ1) is 36.2. The Labute approximate surface area is 422 Å². The molecule has 0 amide bonds. The molecule has 0 saturated heterocycles. The van der Waals surface area contributed by atoms with Gasteiger partial charge in [0.05, 0.1) is 27.8 Å². The average Bonchev–Trinajstić information content (AvgIpc) is 4.09. The molecule has 16 rings (SSSR count). The summed E-state index contributed by atoms with van der Waals surface area (Å²) in [6.07, 6.45) is 3.78. The van der Waals surface area contributed by atoms with Crippen molar-refractivity contribution in [3.8, 4) is 44.8 Å². The third-order valence-corrected chi connectivity index (χ3v) is 21.0. The molecule has 0 radical (unpaired) electrons. The molecule has 0 unspecified atom stereocenters. The summed E-state index contributed by atoms with van der Waals surface area (Å²) in [5.41, 5.74) is 14.5. The molecule has 0 spiro atoms. The fraction of sp³-hybridized carbons (Fsp3) is 0. The summed E-state index contributed by atoms with van der Waals surface area (Å²) in [6.45, 7) is 0. The highest BCUT2D eigenvalue weighted by Gasteiger charge is 2.48. The third kappa shape index (κ3) is 5.61. The van der Waals surface area contributed by atoms with Gasteiger partial charge in [-0.25, -0.2) is 0 Å². The van der Waals surface area contributed by atoms with Gasteiger partial charge in [-0.3, -0.25) is 4.98 Å². The lowest BCUT2D eigenvalue weighted by Gasteiger charge is -2.31. The summed E-state index contributed by atoms with van der Waals surface area (Å²) < 4.78 is 5.01. The third-order valence-electron chi connectivity index (χ3n) is 16.2. The Morgan fingerprint density at radius 1 is 0.329 bits per heavy atom. The van der Waals surface area contributed by atoms with Crippen molar-refractivity contribution in [1.29, 1.82) is 0 Å². The van der Waals surface area contributed by atoms with Gasteiger partial charge in [0.2, 0.25) is 0 Å². The number of hydrogen-bond donors (Lipinski definition) is 0. The van der Waals surface area contributed by atoms with Gasteiger partial charge in [0.1, 0.15) is 0 Å². The smallest absolute Gasteiger partial charge is 0.180 e. The van der Waals surface area contributed by atoms with E-state index in [1.165, 1.54) is 125 Å². The highest BCUT2D eigenvalue weighted by atomic mass is 28.3. The molecule has 12 aromatic carbocycles. The van der Waals surface area contributed by atoms with Crippen molar-refractivity contribution >= 4 is 105 Å². The summed E-state index contributed by atoms with van der Waals surface area (Å²) >= 11 is 0. The Bertz CT molecular complexity index is 4680. The minimum absolute atomic E-state index is 1.10. The van der Waals surface area contributed by atoms with Crippen molar-refractivity contribution in [2.24, 2.45) is 0 Å². The van der Waals surface area contributed by atoms with E-state index in [-0.39, 0.29) is 0 Å². The second kappa shape index (κ2) is 15.3. The standard InChI is InChI=1S/C69H43N3Si/c1-3-20-51(21-4-1)73(52-22-5-2-6-23-52)65-30-12-9-26-55(65)56-34-32-47(42-66(56)73)46-33-36-63-59(39-46)53-24-7-11-29-62(53)72(63)64-41-49-40-60-54-25-8-10-28-61(54)71(50-19-13-17-45(38-50)48-18-15-37-70-43-48)69(60)58-35-31-44-16-14-27-57(64)67(44)68(49)58/h1-43H. The molecule has 3 aromatic heterocycles. The molecule has 0 saturated carbocycles. The second-order valence-electron chi connectivity index (χ2n) is 19.8. The van der Waals surface area contributed by atoms with Gasteiger partial charge in [-0.05, 0) is 125 Å². The number of nitrogens with zero attached hydrogens (tertiary/aromatic N) is 3. The van der Waals surface area contributed by atoms with Gasteiger partial charge >= 0.3 is 0 Å². The molecule has 0 bridgehead atoms. The zero-order chi connectivity index (χ0) is 47.8. The van der Waals surface area contributed by atoms with E-state index in [9.17, 15) is 0 Å². The van der Waals surface area contributed by atoms with E-state index in [4.69, 9.17) is 0 Å². The zero-order valence-corrected chi connectivity index (χ0v) is 40.7. The van der Waals surface area contributed by atoms with E-state index in [1.54, 1.807) is 0 Å². The maximum atomic E-state index is 4.45. The van der Waals surface area contributed by atoms with E-state index >= 15 is 0 Å². The van der Waals surface area contributed by atoms with Crippen LogP contribution >= 0.6 is 0 Å². The van der Waals surface area contributed by atoms with E-state index in [0.717, 1.165) is 16.8 Å². The Hall–Kier alpha value is -9.35. The Kier molecular flexibility index (Phi) is 8.48. The minimum atomic E-state index is -2.66. The number of fused-ring (bicyclic) bond motifs is 10. The van der Waals surface area contributed by atoms with Crippen LogP contribution in [0.15, 0.2) is 261 Å². The molecule has 4 heteroatoms. The molecule has 1 aliphatic rings. The maximum Gasteiger partial charge on any atom is 0.180 e. The maximum absolute atomic E-state index is 4.45. The van der Waals surface area contributed by atoms with E-state index in [1.807, 2.05) is 18.5 Å². The van der Waals surface area contributed by atoms with Crippen LogP contribution in [0.1, 0.15) is 0 Å². The topological polar surface area (TPSA) is 22.8 Å². The quantitative estimate of drug-likeness (QED) is 0.120. The lowest BCUT2D eigenvalue weighted by molar-refractivity contribution is 1.19. The summed E-state index contributed by atoms with van der Waals surface area (Å²) in [6, 6.07) is 93.6. The molecule has 338 valence electrons.